The normalized spacial score (nSPS) is 28.6. The van der Waals surface area contributed by atoms with Crippen molar-refractivity contribution in [3.63, 3.8) is 0 Å². The summed E-state index contributed by atoms with van der Waals surface area (Å²) in [4.78, 5) is 0. The average molecular weight is 1230 g/mol. The zero-order valence-corrected chi connectivity index (χ0v) is 58.8. The van der Waals surface area contributed by atoms with Gasteiger partial charge >= 0.3 is 438 Å². The molecule has 4 aromatic carbocycles. The minimum absolute atomic E-state index is 0.582. The number of benzene rings is 4. The Bertz CT molecular complexity index is 2150. The minimum atomic E-state index is -1.62. The molecule has 4 aromatic rings. The Kier molecular flexibility index (Phi) is 13.8. The van der Waals surface area contributed by atoms with Crippen molar-refractivity contribution in [1.82, 2.24) is 0 Å². The molecule has 0 N–H and O–H groups in total. The molecule has 6 aliphatic rings. The summed E-state index contributed by atoms with van der Waals surface area (Å²) in [5.74, 6) is 7.28. The van der Waals surface area contributed by atoms with Gasteiger partial charge in [0.2, 0.25) is 0 Å². The summed E-state index contributed by atoms with van der Waals surface area (Å²) in [6.45, 7) is 62.3. The summed E-state index contributed by atoms with van der Waals surface area (Å²) in [6.07, 6.45) is 0. The second kappa shape index (κ2) is 17.8. The van der Waals surface area contributed by atoms with E-state index in [0.717, 1.165) is 0 Å². The summed E-state index contributed by atoms with van der Waals surface area (Å²) < 4.78 is -6.47. The van der Waals surface area contributed by atoms with Crippen LogP contribution in [-0.4, -0.2) is 64.6 Å². The first kappa shape index (κ1) is 52.8. The van der Waals surface area contributed by atoms with Gasteiger partial charge in [0.05, 0.1) is 0 Å². The third-order valence-electron chi connectivity index (χ3n) is 17.6. The summed E-state index contributed by atoms with van der Waals surface area (Å²) in [5, 5.41) is 9.10. The molecule has 8 heteroatoms. The van der Waals surface area contributed by atoms with Gasteiger partial charge in [0, 0.05) is 0 Å². The zero-order chi connectivity index (χ0) is 50.1. The zero-order valence-electron chi connectivity index (χ0n) is 47.3. The van der Waals surface area contributed by atoms with Crippen molar-refractivity contribution in [3.8, 4) is 0 Å². The molecule has 6 saturated heterocycles. The average Bonchev–Trinajstić information content (AvgIpc) is 3.25. The topological polar surface area (TPSA) is 0 Å². The Morgan fingerprint density at radius 3 is 0.412 bits per heavy atom. The van der Waals surface area contributed by atoms with Crippen molar-refractivity contribution in [3.05, 3.63) is 115 Å². The Hall–Kier alpha value is -0.0187. The fourth-order valence-electron chi connectivity index (χ4n) is 14.3. The van der Waals surface area contributed by atoms with Gasteiger partial charge in [-0.25, -0.2) is 0 Å². The molecule has 0 nitrogen and oxygen atoms in total. The van der Waals surface area contributed by atoms with Gasteiger partial charge in [-0.15, -0.1) is 0 Å². The van der Waals surface area contributed by atoms with E-state index in [0.29, 0.717) is 71.0 Å². The first-order chi connectivity index (χ1) is 31.7. The van der Waals surface area contributed by atoms with Crippen LogP contribution in [0.25, 0.3) is 0 Å². The molecule has 0 amide bonds. The molecule has 0 unspecified atom stereocenters. The molecule has 0 aliphatic carbocycles. The van der Waals surface area contributed by atoms with Crippen LogP contribution in [0.4, 0.5) is 0 Å². The van der Waals surface area contributed by atoms with Crippen LogP contribution < -0.4 is 20.7 Å². The maximum absolute atomic E-state index is 2.89. The van der Waals surface area contributed by atoms with Gasteiger partial charge in [-0.2, -0.15) is 0 Å². The SMILES string of the molecule is CC(C)c1cc(C(C)C)c([Si]23[As]4[Si]5(c6c(C(C)C)cc(C(C)C)cc6C(C)C)[As]2[Si]2(c6c(C(C)C)cc(C(C)C)cc6C(C)C)[As]3[Si]4(c3c(C(C)C)cc(C(C)C)cc3C(C)C)[As]52)c(C(C)C)c1. The number of hydrogen-bond donors (Lipinski definition) is 0. The van der Waals surface area contributed by atoms with Gasteiger partial charge in [-0.05, 0) is 0 Å². The Morgan fingerprint density at radius 1 is 0.206 bits per heavy atom. The first-order valence-electron chi connectivity index (χ1n) is 27.6. The van der Waals surface area contributed by atoms with E-state index in [-0.39, 0.29) is 0 Å². The van der Waals surface area contributed by atoms with E-state index in [1.165, 1.54) is 0 Å². The van der Waals surface area contributed by atoms with Crippen LogP contribution in [0.5, 0.6) is 0 Å². The molecular formula is C60H92As4Si4. The van der Waals surface area contributed by atoms with Crippen molar-refractivity contribution in [1.29, 1.82) is 0 Å². The summed E-state index contributed by atoms with van der Waals surface area (Å²) >= 11 is -4.91. The molecule has 0 radical (unpaired) electrons. The van der Waals surface area contributed by atoms with Gasteiger partial charge in [-0.1, -0.05) is 0 Å². The molecule has 6 aliphatic heterocycles. The molecule has 6 fully saturated rings. The van der Waals surface area contributed by atoms with Crippen LogP contribution in [0.3, 0.4) is 0 Å². The molecule has 68 heavy (non-hydrogen) atoms. The van der Waals surface area contributed by atoms with E-state index in [1.807, 2.05) is 44.5 Å². The van der Waals surface area contributed by atoms with E-state index in [2.05, 4.69) is 235 Å². The molecule has 368 valence electrons. The van der Waals surface area contributed by atoms with E-state index >= 15 is 0 Å². The third-order valence-corrected chi connectivity index (χ3v) is 682. The monoisotopic (exact) mass is 1220 g/mol. The van der Waals surface area contributed by atoms with E-state index in [4.69, 9.17) is 0 Å². The van der Waals surface area contributed by atoms with Crippen LogP contribution in [0, 0.1) is 0 Å². The summed E-state index contributed by atoms with van der Waals surface area (Å²) in [6, 6.07) is 23.1. The third kappa shape index (κ3) is 6.44. The van der Waals surface area contributed by atoms with Crippen molar-refractivity contribution in [2.75, 3.05) is 0 Å². The van der Waals surface area contributed by atoms with Gasteiger partial charge in [0.1, 0.15) is 0 Å². The second-order valence-corrected chi connectivity index (χ2v) is 205. The van der Waals surface area contributed by atoms with Gasteiger partial charge in [-0.3, -0.25) is 0 Å². The molecule has 0 saturated carbocycles. The second-order valence-electron chi connectivity index (χ2n) is 26.0. The van der Waals surface area contributed by atoms with Gasteiger partial charge in [0.15, 0.2) is 0 Å². The predicted molar refractivity (Wildman–Crippen MR) is 319 cm³/mol. The van der Waals surface area contributed by atoms with Crippen molar-refractivity contribution in [2.24, 2.45) is 0 Å². The van der Waals surface area contributed by atoms with Crippen LogP contribution in [0.2, 0.25) is 0 Å². The molecular weight excluding hydrogens is 1130 g/mol. The molecule has 0 aromatic heterocycles. The quantitative estimate of drug-likeness (QED) is 0.0981. The maximum atomic E-state index is 2.89. The van der Waals surface area contributed by atoms with E-state index in [1.54, 1.807) is 22.3 Å². The first-order valence-corrected chi connectivity index (χ1v) is 68.8. The number of rotatable bonds is 16. The van der Waals surface area contributed by atoms with Crippen molar-refractivity contribution < 1.29 is 0 Å². The molecule has 10 rings (SSSR count). The fraction of sp³-hybridized carbons (Fsp3) is 0.600. The van der Waals surface area contributed by atoms with Gasteiger partial charge in [0.25, 0.3) is 0 Å². The molecule has 0 spiro atoms. The molecule has 0 atom stereocenters. The van der Waals surface area contributed by atoms with Crippen LogP contribution in [-0.2, 0) is 0 Å². The van der Waals surface area contributed by atoms with E-state index < -0.39 is 64.6 Å². The Labute approximate surface area is 433 Å². The van der Waals surface area contributed by atoms with Crippen LogP contribution >= 0.6 is 0 Å². The fourth-order valence-corrected chi connectivity index (χ4v) is 2150. The summed E-state index contributed by atoms with van der Waals surface area (Å²) in [7, 11) is 0. The standard InChI is InChI=1S/C60H92As4Si4/c1-33(2)45-25-49(37(9)10)57(50(26-45)38(11)12)65-61-66(58-51(39(13)14)27-46(34(3)4)28-52(58)40(15)16)62(65)68(60-55(43(21)22)31-48(36(7)8)32-56(60)44(23)24)63(65)67(61,64(66)68)59-53(41(17)18)29-47(35(5)6)30-54(59)42(19)20/h25-44H,1-24H3. The predicted octanol–water partition coefficient (Wildman–Crippen LogP) is 13.9. The van der Waals surface area contributed by atoms with E-state index in [9.17, 15) is 0 Å². The van der Waals surface area contributed by atoms with Crippen molar-refractivity contribution in [2.45, 2.75) is 237 Å². The van der Waals surface area contributed by atoms with Crippen LogP contribution in [0.15, 0.2) is 48.5 Å². The molecule has 6 heterocycles. The van der Waals surface area contributed by atoms with Crippen molar-refractivity contribution >= 4 is 85.3 Å². The summed E-state index contributed by atoms with van der Waals surface area (Å²) in [5.41, 5.74) is 22.0. The molecule has 0 bridgehead atoms. The Morgan fingerprint density at radius 2 is 0.324 bits per heavy atom. The van der Waals surface area contributed by atoms with Gasteiger partial charge < -0.3 is 0 Å². The van der Waals surface area contributed by atoms with Crippen LogP contribution in [0.1, 0.15) is 304 Å². The number of hydrogen-bond acceptors (Lipinski definition) is 0. The Balaban J connectivity index is 1.52.